The Morgan fingerprint density at radius 1 is 1.43 bits per heavy atom. The minimum absolute atomic E-state index is 0.158. The van der Waals surface area contributed by atoms with E-state index in [1.54, 1.807) is 0 Å². The van der Waals surface area contributed by atoms with E-state index >= 15 is 0 Å². The summed E-state index contributed by atoms with van der Waals surface area (Å²) in [6, 6.07) is 0. The van der Waals surface area contributed by atoms with Crippen LogP contribution in [0.2, 0.25) is 0 Å². The van der Waals surface area contributed by atoms with Crippen LogP contribution in [-0.2, 0) is 9.53 Å². The summed E-state index contributed by atoms with van der Waals surface area (Å²) in [5.74, 6) is -0.361. The van der Waals surface area contributed by atoms with Gasteiger partial charge in [-0.3, -0.25) is 0 Å². The monoisotopic (exact) mass is 262 g/mol. The summed E-state index contributed by atoms with van der Waals surface area (Å²) >= 11 is 3.30. The van der Waals surface area contributed by atoms with E-state index in [1.165, 1.54) is 31.8 Å². The molecule has 14 heavy (non-hydrogen) atoms. The topological polar surface area (TPSA) is 26.3 Å². The number of hydrogen-bond donors (Lipinski definition) is 0. The number of esters is 1. The predicted octanol–water partition coefficient (Wildman–Crippen LogP) is 3.80. The van der Waals surface area contributed by atoms with Crippen LogP contribution >= 0.6 is 15.9 Å². The molecule has 0 aliphatic carbocycles. The van der Waals surface area contributed by atoms with Crippen molar-refractivity contribution in [3.8, 4) is 0 Å². The normalized spacial score (nSPS) is 12.1. The van der Waals surface area contributed by atoms with Crippen LogP contribution in [0.5, 0.6) is 0 Å². The van der Waals surface area contributed by atoms with Gasteiger partial charge in [-0.05, 0) is 28.8 Å². The van der Waals surface area contributed by atoms with Crippen molar-refractivity contribution < 1.29 is 9.53 Å². The number of halogens is 1. The highest BCUT2D eigenvalue weighted by atomic mass is 79.9. The minimum Gasteiger partial charge on any atom is -0.448 e. The van der Waals surface area contributed by atoms with Crippen molar-refractivity contribution in [2.75, 3.05) is 0 Å². The average Bonchev–Trinajstić information content (AvgIpc) is 2.17. The van der Waals surface area contributed by atoms with E-state index in [0.717, 1.165) is 12.8 Å². The zero-order valence-electron chi connectivity index (χ0n) is 8.80. The predicted molar refractivity (Wildman–Crippen MR) is 62.4 cm³/mol. The first-order valence-corrected chi connectivity index (χ1v) is 6.09. The van der Waals surface area contributed by atoms with Crippen LogP contribution < -0.4 is 0 Å². The number of unbranched alkanes of at least 4 members (excludes halogenated alkanes) is 4. The number of carbonyl (C=O) groups excluding carboxylic acids is 1. The van der Waals surface area contributed by atoms with Gasteiger partial charge in [-0.25, -0.2) is 4.79 Å². The van der Waals surface area contributed by atoms with Crippen LogP contribution in [0.25, 0.3) is 0 Å². The second-order valence-corrected chi connectivity index (χ2v) is 4.28. The highest BCUT2D eigenvalue weighted by Gasteiger charge is 2.06. The molecule has 0 aromatic carbocycles. The Morgan fingerprint density at radius 2 is 2.07 bits per heavy atom. The van der Waals surface area contributed by atoms with E-state index in [4.69, 9.17) is 4.74 Å². The lowest BCUT2D eigenvalue weighted by atomic mass is 10.1. The zero-order chi connectivity index (χ0) is 10.8. The number of hydrogen-bond acceptors (Lipinski definition) is 2. The van der Waals surface area contributed by atoms with Crippen molar-refractivity contribution in [3.05, 3.63) is 12.7 Å². The Morgan fingerprint density at radius 3 is 2.64 bits per heavy atom. The van der Waals surface area contributed by atoms with Crippen LogP contribution in [0.15, 0.2) is 12.7 Å². The van der Waals surface area contributed by atoms with E-state index in [1.807, 2.05) is 0 Å². The van der Waals surface area contributed by atoms with Gasteiger partial charge in [0.1, 0.15) is 0 Å². The van der Waals surface area contributed by atoms with Crippen molar-refractivity contribution in [3.63, 3.8) is 0 Å². The second-order valence-electron chi connectivity index (χ2n) is 3.25. The van der Waals surface area contributed by atoms with Crippen LogP contribution in [0.4, 0.5) is 0 Å². The summed E-state index contributed by atoms with van der Waals surface area (Å²) in [7, 11) is 0. The molecule has 0 saturated heterocycles. The van der Waals surface area contributed by atoms with Crippen molar-refractivity contribution in [2.45, 2.75) is 50.5 Å². The van der Waals surface area contributed by atoms with E-state index in [0.29, 0.717) is 0 Å². The van der Waals surface area contributed by atoms with E-state index in [-0.39, 0.29) is 11.0 Å². The molecule has 1 unspecified atom stereocenters. The van der Waals surface area contributed by atoms with Crippen molar-refractivity contribution in [1.29, 1.82) is 0 Å². The third-order valence-corrected chi connectivity index (χ3v) is 2.59. The minimum atomic E-state index is -0.361. The van der Waals surface area contributed by atoms with Crippen LogP contribution in [0.3, 0.4) is 0 Å². The second kappa shape index (κ2) is 9.25. The summed E-state index contributed by atoms with van der Waals surface area (Å²) in [5, 5.41) is -0.158. The highest BCUT2D eigenvalue weighted by molar-refractivity contribution is 9.09. The number of carbonyl (C=O) groups is 1. The lowest BCUT2D eigenvalue weighted by Gasteiger charge is -2.09. The molecule has 82 valence electrons. The van der Waals surface area contributed by atoms with Crippen LogP contribution in [0.1, 0.15) is 45.4 Å². The summed E-state index contributed by atoms with van der Waals surface area (Å²) < 4.78 is 4.97. The molecule has 0 rings (SSSR count). The third kappa shape index (κ3) is 8.30. The number of rotatable bonds is 8. The van der Waals surface area contributed by atoms with Crippen molar-refractivity contribution in [2.24, 2.45) is 0 Å². The molecule has 1 atom stereocenters. The first-order chi connectivity index (χ1) is 6.70. The maximum atomic E-state index is 10.8. The smallest absolute Gasteiger partial charge is 0.331 e. The summed E-state index contributed by atoms with van der Waals surface area (Å²) in [4.78, 5) is 10.8. The summed E-state index contributed by atoms with van der Waals surface area (Å²) in [6.07, 6.45) is 8.19. The fourth-order valence-corrected chi connectivity index (χ4v) is 1.65. The summed E-state index contributed by atoms with van der Waals surface area (Å²) in [6.45, 7) is 5.53. The molecule has 0 heterocycles. The fourth-order valence-electron chi connectivity index (χ4n) is 1.14. The first kappa shape index (κ1) is 13.7. The Balaban J connectivity index is 3.30. The maximum Gasteiger partial charge on any atom is 0.331 e. The van der Waals surface area contributed by atoms with Gasteiger partial charge in [0.05, 0.1) is 0 Å². The van der Waals surface area contributed by atoms with Gasteiger partial charge in [0, 0.05) is 6.08 Å². The molecule has 0 fully saturated rings. The molecule has 0 aliphatic heterocycles. The SMILES string of the molecule is C=CC(=O)OC(Br)CCCCCCC. The van der Waals surface area contributed by atoms with Crippen molar-refractivity contribution >= 4 is 21.9 Å². The molecule has 0 N–H and O–H groups in total. The molecule has 0 aromatic rings. The molecule has 0 aliphatic rings. The van der Waals surface area contributed by atoms with Gasteiger partial charge >= 0.3 is 5.97 Å². The lowest BCUT2D eigenvalue weighted by Crippen LogP contribution is -2.09. The number of alkyl halides is 1. The Bertz CT molecular complexity index is 169. The molecule has 3 heteroatoms. The van der Waals surface area contributed by atoms with Gasteiger partial charge in [-0.1, -0.05) is 39.2 Å². The average molecular weight is 263 g/mol. The molecule has 0 saturated carbocycles. The molecule has 2 nitrogen and oxygen atoms in total. The fraction of sp³-hybridized carbons (Fsp3) is 0.727. The summed E-state index contributed by atoms with van der Waals surface area (Å²) in [5.41, 5.74) is 0. The molecule has 0 bridgehead atoms. The van der Waals surface area contributed by atoms with Crippen LogP contribution in [0, 0.1) is 0 Å². The van der Waals surface area contributed by atoms with Gasteiger partial charge in [-0.2, -0.15) is 0 Å². The van der Waals surface area contributed by atoms with Gasteiger partial charge < -0.3 is 4.74 Å². The maximum absolute atomic E-state index is 10.8. The first-order valence-electron chi connectivity index (χ1n) is 5.17. The Hall–Kier alpha value is -0.310. The van der Waals surface area contributed by atoms with E-state index < -0.39 is 0 Å². The quantitative estimate of drug-likeness (QED) is 0.288. The third-order valence-electron chi connectivity index (χ3n) is 1.95. The van der Waals surface area contributed by atoms with E-state index in [2.05, 4.69) is 29.4 Å². The van der Waals surface area contributed by atoms with Crippen LogP contribution in [-0.4, -0.2) is 11.0 Å². The zero-order valence-corrected chi connectivity index (χ0v) is 10.4. The van der Waals surface area contributed by atoms with Gasteiger partial charge in [0.25, 0.3) is 0 Å². The molecule has 0 aromatic heterocycles. The van der Waals surface area contributed by atoms with Crippen molar-refractivity contribution in [1.82, 2.24) is 0 Å². The van der Waals surface area contributed by atoms with Gasteiger partial charge in [0.15, 0.2) is 5.01 Å². The number of ether oxygens (including phenoxy) is 1. The molecule has 0 radical (unpaired) electrons. The van der Waals surface area contributed by atoms with Gasteiger partial charge in [-0.15, -0.1) is 0 Å². The highest BCUT2D eigenvalue weighted by Crippen LogP contribution is 2.13. The Kier molecular flexibility index (Phi) is 9.05. The van der Waals surface area contributed by atoms with E-state index in [9.17, 15) is 4.79 Å². The molecular weight excluding hydrogens is 244 g/mol. The lowest BCUT2D eigenvalue weighted by molar-refractivity contribution is -0.139. The molecular formula is C11H19BrO2. The molecule has 0 amide bonds. The van der Waals surface area contributed by atoms with Gasteiger partial charge in [0.2, 0.25) is 0 Å². The largest absolute Gasteiger partial charge is 0.448 e. The molecule has 0 spiro atoms. The standard InChI is InChI=1S/C11H19BrO2/c1-3-5-6-7-8-9-10(12)14-11(13)4-2/h4,10H,2-3,5-9H2,1H3. The Labute approximate surface area is 94.8 Å².